The van der Waals surface area contributed by atoms with Gasteiger partial charge in [-0.05, 0) is 12.1 Å². The minimum atomic E-state index is -1.40. The van der Waals surface area contributed by atoms with Crippen LogP contribution in [0, 0.1) is 0 Å². The van der Waals surface area contributed by atoms with E-state index in [4.69, 9.17) is 9.84 Å². The molecule has 1 unspecified atom stereocenters. The average molecular weight is 335 g/mol. The largest absolute Gasteiger partial charge is 0.394 e. The smallest absolute Gasteiger partial charge is 0.333 e. The molecule has 0 amide bonds. The van der Waals surface area contributed by atoms with Gasteiger partial charge in [-0.1, -0.05) is 6.07 Å². The Balaban J connectivity index is 1.98. The summed E-state index contributed by atoms with van der Waals surface area (Å²) in [5.74, 6) is 0. The van der Waals surface area contributed by atoms with Crippen LogP contribution in [0.25, 0.3) is 0 Å². The number of aromatic nitrogens is 3. The topological polar surface area (TPSA) is 127 Å². The molecule has 4 atom stereocenters. The number of hydrogen-bond acceptors (Lipinski definition) is 7. The molecule has 0 radical (unpaired) electrons. The van der Waals surface area contributed by atoms with Gasteiger partial charge in [0, 0.05) is 18.5 Å². The lowest BCUT2D eigenvalue weighted by molar-refractivity contribution is -0.0555. The number of pyridine rings is 1. The van der Waals surface area contributed by atoms with Crippen molar-refractivity contribution >= 4 is 0 Å². The lowest BCUT2D eigenvalue weighted by Gasteiger charge is -2.18. The molecule has 1 aliphatic rings. The summed E-state index contributed by atoms with van der Waals surface area (Å²) in [7, 11) is 0. The van der Waals surface area contributed by atoms with Gasteiger partial charge < -0.3 is 20.1 Å². The second-order valence-electron chi connectivity index (χ2n) is 5.48. The van der Waals surface area contributed by atoms with Crippen molar-refractivity contribution in [2.75, 3.05) is 6.61 Å². The van der Waals surface area contributed by atoms with Gasteiger partial charge in [0.05, 0.1) is 18.8 Å². The predicted octanol–water partition coefficient (Wildman–Crippen LogP) is -1.94. The molecule has 1 fully saturated rings. The van der Waals surface area contributed by atoms with Crippen molar-refractivity contribution in [1.82, 2.24) is 14.1 Å². The van der Waals surface area contributed by atoms with Gasteiger partial charge >= 0.3 is 5.69 Å². The fraction of sp³-hybridized carbons (Fsp3) is 0.400. The average Bonchev–Trinajstić information content (AvgIpc) is 2.88. The van der Waals surface area contributed by atoms with E-state index >= 15 is 0 Å². The van der Waals surface area contributed by atoms with Gasteiger partial charge in [0.1, 0.15) is 18.3 Å². The second kappa shape index (κ2) is 6.65. The van der Waals surface area contributed by atoms with Gasteiger partial charge in [-0.3, -0.25) is 18.9 Å². The fourth-order valence-corrected chi connectivity index (χ4v) is 2.63. The van der Waals surface area contributed by atoms with Gasteiger partial charge in [0.15, 0.2) is 6.23 Å². The maximum Gasteiger partial charge on any atom is 0.333 e. The minimum absolute atomic E-state index is 0.0336. The van der Waals surface area contributed by atoms with Crippen LogP contribution in [-0.4, -0.2) is 54.4 Å². The Morgan fingerprint density at radius 1 is 1.17 bits per heavy atom. The first kappa shape index (κ1) is 16.5. The van der Waals surface area contributed by atoms with E-state index in [1.165, 1.54) is 12.3 Å². The van der Waals surface area contributed by atoms with Gasteiger partial charge in [-0.2, -0.15) is 0 Å². The van der Waals surface area contributed by atoms with Gasteiger partial charge in [0.2, 0.25) is 0 Å². The molecule has 3 N–H and O–H groups in total. The number of nitrogens with zero attached hydrogens (tertiary/aromatic N) is 3. The summed E-state index contributed by atoms with van der Waals surface area (Å²) in [6.07, 6.45) is -2.19. The third-order valence-corrected chi connectivity index (χ3v) is 3.93. The van der Waals surface area contributed by atoms with Crippen molar-refractivity contribution in [3.8, 4) is 0 Å². The van der Waals surface area contributed by atoms with Crippen LogP contribution in [0.1, 0.15) is 11.9 Å². The number of ether oxygens (including phenoxy) is 1. The SMILES string of the molecule is O=c1ccn([C@@H]2O[C@H](CO)[C@H](O)C2O)c(=O)n1Cc1ccccn1. The Morgan fingerprint density at radius 3 is 2.58 bits per heavy atom. The fourth-order valence-electron chi connectivity index (χ4n) is 2.63. The second-order valence-corrected chi connectivity index (χ2v) is 5.48. The summed E-state index contributed by atoms with van der Waals surface area (Å²) in [5.41, 5.74) is -0.702. The van der Waals surface area contributed by atoms with Crippen molar-refractivity contribution in [3.05, 3.63) is 63.2 Å². The Labute approximate surface area is 136 Å². The molecular weight excluding hydrogens is 318 g/mol. The molecule has 1 aliphatic heterocycles. The normalized spacial score (nSPS) is 26.6. The summed E-state index contributed by atoms with van der Waals surface area (Å²) in [4.78, 5) is 28.7. The number of aliphatic hydroxyl groups is 3. The van der Waals surface area contributed by atoms with Crippen molar-refractivity contribution in [1.29, 1.82) is 0 Å². The van der Waals surface area contributed by atoms with E-state index in [2.05, 4.69) is 4.98 Å². The van der Waals surface area contributed by atoms with E-state index < -0.39 is 42.4 Å². The third-order valence-electron chi connectivity index (χ3n) is 3.93. The van der Waals surface area contributed by atoms with Crippen molar-refractivity contribution < 1.29 is 20.1 Å². The monoisotopic (exact) mass is 335 g/mol. The molecule has 0 aromatic carbocycles. The maximum absolute atomic E-state index is 12.6. The highest BCUT2D eigenvalue weighted by Crippen LogP contribution is 2.27. The van der Waals surface area contributed by atoms with Crippen molar-refractivity contribution in [3.63, 3.8) is 0 Å². The Kier molecular flexibility index (Phi) is 4.58. The molecule has 0 bridgehead atoms. The highest BCUT2D eigenvalue weighted by Gasteiger charge is 2.43. The highest BCUT2D eigenvalue weighted by atomic mass is 16.6. The van der Waals surface area contributed by atoms with Crippen LogP contribution in [0.15, 0.2) is 46.2 Å². The summed E-state index contributed by atoms with van der Waals surface area (Å²) in [6, 6.07) is 6.30. The van der Waals surface area contributed by atoms with Crippen molar-refractivity contribution in [2.24, 2.45) is 0 Å². The van der Waals surface area contributed by atoms with Gasteiger partial charge in [-0.25, -0.2) is 4.79 Å². The van der Waals surface area contributed by atoms with Crippen LogP contribution in [0.2, 0.25) is 0 Å². The summed E-state index contributed by atoms with van der Waals surface area (Å²) in [5, 5.41) is 29.0. The third kappa shape index (κ3) is 2.89. The molecule has 0 saturated carbocycles. The molecule has 9 heteroatoms. The Hall–Kier alpha value is -2.33. The molecule has 1 saturated heterocycles. The van der Waals surface area contributed by atoms with Crippen LogP contribution < -0.4 is 11.2 Å². The van der Waals surface area contributed by atoms with Crippen LogP contribution in [0.3, 0.4) is 0 Å². The Bertz CT molecular complexity index is 818. The molecular formula is C15H17N3O6. The van der Waals surface area contributed by atoms with E-state index in [0.717, 1.165) is 9.13 Å². The molecule has 2 aromatic heterocycles. The van der Waals surface area contributed by atoms with Crippen molar-refractivity contribution in [2.45, 2.75) is 31.1 Å². The number of hydrogen-bond donors (Lipinski definition) is 3. The van der Waals surface area contributed by atoms with E-state index in [-0.39, 0.29) is 6.54 Å². The van der Waals surface area contributed by atoms with Crippen LogP contribution in [-0.2, 0) is 11.3 Å². The summed E-state index contributed by atoms with van der Waals surface area (Å²) in [6.45, 7) is -0.537. The lowest BCUT2D eigenvalue weighted by atomic mass is 10.1. The van der Waals surface area contributed by atoms with Crippen LogP contribution in [0.5, 0.6) is 0 Å². The Morgan fingerprint density at radius 2 is 1.96 bits per heavy atom. The first-order chi connectivity index (χ1) is 11.5. The quantitative estimate of drug-likeness (QED) is 0.593. The predicted molar refractivity (Wildman–Crippen MR) is 81.3 cm³/mol. The van der Waals surface area contributed by atoms with E-state index in [9.17, 15) is 19.8 Å². The molecule has 24 heavy (non-hydrogen) atoms. The first-order valence-electron chi connectivity index (χ1n) is 7.37. The van der Waals surface area contributed by atoms with E-state index in [0.29, 0.717) is 5.69 Å². The number of aliphatic hydroxyl groups excluding tert-OH is 3. The standard InChI is InChI=1S/C15H17N3O6/c19-8-10-12(21)13(22)14(24-10)17-6-4-11(20)18(15(17)23)7-9-3-1-2-5-16-9/h1-6,10,12-14,19,21-22H,7-8H2/t10-,12+,13?,14-/m1/s1. The molecule has 0 spiro atoms. The van der Waals surface area contributed by atoms with Crippen LogP contribution in [0.4, 0.5) is 0 Å². The lowest BCUT2D eigenvalue weighted by Crippen LogP contribution is -2.43. The molecule has 2 aromatic rings. The molecule has 0 aliphatic carbocycles. The summed E-state index contributed by atoms with van der Waals surface area (Å²) < 4.78 is 7.31. The summed E-state index contributed by atoms with van der Waals surface area (Å²) >= 11 is 0. The van der Waals surface area contributed by atoms with Crippen LogP contribution >= 0.6 is 0 Å². The molecule has 9 nitrogen and oxygen atoms in total. The minimum Gasteiger partial charge on any atom is -0.394 e. The zero-order chi connectivity index (χ0) is 17.3. The molecule has 128 valence electrons. The van der Waals surface area contributed by atoms with Gasteiger partial charge in [-0.15, -0.1) is 0 Å². The maximum atomic E-state index is 12.6. The van der Waals surface area contributed by atoms with E-state index in [1.54, 1.807) is 24.4 Å². The zero-order valence-corrected chi connectivity index (χ0v) is 12.6. The highest BCUT2D eigenvalue weighted by molar-refractivity contribution is 5.05. The zero-order valence-electron chi connectivity index (χ0n) is 12.6. The number of rotatable bonds is 4. The van der Waals surface area contributed by atoms with Gasteiger partial charge in [0.25, 0.3) is 5.56 Å². The molecule has 3 heterocycles. The molecule has 3 rings (SSSR count). The first-order valence-corrected chi connectivity index (χ1v) is 7.37. The van der Waals surface area contributed by atoms with E-state index in [1.807, 2.05) is 0 Å².